The van der Waals surface area contributed by atoms with Crippen LogP contribution < -0.4 is 10.5 Å². The Kier molecular flexibility index (Phi) is 3.11. The van der Waals surface area contributed by atoms with Gasteiger partial charge in [-0.2, -0.15) is 0 Å². The first-order valence-electron chi connectivity index (χ1n) is 4.62. The highest BCUT2D eigenvalue weighted by Crippen LogP contribution is 2.34. The number of aliphatic hydroxyl groups is 1. The summed E-state index contributed by atoms with van der Waals surface area (Å²) in [4.78, 5) is 0. The number of nitrogens with two attached hydrogens (primary N) is 1. The van der Waals surface area contributed by atoms with Crippen LogP contribution in [0.3, 0.4) is 0 Å². The van der Waals surface area contributed by atoms with E-state index in [1.807, 2.05) is 0 Å². The number of benzene rings is 1. The molecule has 5 heteroatoms. The first-order valence-corrected chi connectivity index (χ1v) is 5.00. The molecular formula is C10H12ClNO3. The van der Waals surface area contributed by atoms with Crippen molar-refractivity contribution in [3.8, 4) is 5.75 Å². The van der Waals surface area contributed by atoms with Crippen molar-refractivity contribution in [2.24, 2.45) is 5.73 Å². The molecule has 0 aliphatic carbocycles. The Morgan fingerprint density at radius 3 is 3.07 bits per heavy atom. The van der Waals surface area contributed by atoms with E-state index < -0.39 is 6.04 Å². The normalized spacial score (nSPS) is 16.7. The maximum absolute atomic E-state index is 9.05. The Morgan fingerprint density at radius 2 is 2.33 bits per heavy atom. The molecule has 2 rings (SSSR count). The predicted molar refractivity (Wildman–Crippen MR) is 55.8 cm³/mol. The average molecular weight is 230 g/mol. The van der Waals surface area contributed by atoms with E-state index in [0.29, 0.717) is 17.2 Å². The van der Waals surface area contributed by atoms with Crippen LogP contribution >= 0.6 is 11.6 Å². The summed E-state index contributed by atoms with van der Waals surface area (Å²) in [5.74, 6) is 0.726. The minimum atomic E-state index is -0.502. The van der Waals surface area contributed by atoms with Crippen molar-refractivity contribution in [1.82, 2.24) is 0 Å². The fourth-order valence-electron chi connectivity index (χ4n) is 1.64. The maximum atomic E-state index is 9.05. The van der Waals surface area contributed by atoms with Crippen LogP contribution in [0, 0.1) is 0 Å². The minimum Gasteiger partial charge on any atom is -0.467 e. The van der Waals surface area contributed by atoms with Gasteiger partial charge in [0.25, 0.3) is 0 Å². The van der Waals surface area contributed by atoms with E-state index in [9.17, 15) is 0 Å². The van der Waals surface area contributed by atoms with Gasteiger partial charge in [-0.05, 0) is 17.7 Å². The summed E-state index contributed by atoms with van der Waals surface area (Å²) in [6.07, 6.45) is 0. The molecule has 0 aromatic heterocycles. The third-order valence-corrected chi connectivity index (χ3v) is 2.70. The standard InChI is InChI=1S/C10H12ClNO3/c11-7-1-2-9-6(4-14-5-15-9)10(7)8(12)3-13/h1-2,8,13H,3-5,12H2. The van der Waals surface area contributed by atoms with Crippen LogP contribution in [0.2, 0.25) is 5.02 Å². The summed E-state index contributed by atoms with van der Waals surface area (Å²) in [6, 6.07) is 3.00. The lowest BCUT2D eigenvalue weighted by Crippen LogP contribution is -2.21. The van der Waals surface area contributed by atoms with Gasteiger partial charge in [-0.3, -0.25) is 0 Å². The number of fused-ring (bicyclic) bond motifs is 1. The summed E-state index contributed by atoms with van der Waals surface area (Å²) >= 11 is 6.03. The first kappa shape index (κ1) is 10.7. The molecule has 0 fully saturated rings. The van der Waals surface area contributed by atoms with Crippen molar-refractivity contribution in [3.63, 3.8) is 0 Å². The van der Waals surface area contributed by atoms with Gasteiger partial charge in [0.05, 0.1) is 19.3 Å². The van der Waals surface area contributed by atoms with Crippen molar-refractivity contribution in [2.45, 2.75) is 12.6 Å². The quantitative estimate of drug-likeness (QED) is 0.800. The lowest BCUT2D eigenvalue weighted by Gasteiger charge is -2.23. The van der Waals surface area contributed by atoms with E-state index in [-0.39, 0.29) is 13.4 Å². The smallest absolute Gasteiger partial charge is 0.189 e. The monoisotopic (exact) mass is 229 g/mol. The molecule has 0 bridgehead atoms. The van der Waals surface area contributed by atoms with Gasteiger partial charge in [-0.1, -0.05) is 11.6 Å². The van der Waals surface area contributed by atoms with Crippen LogP contribution in [-0.2, 0) is 11.3 Å². The van der Waals surface area contributed by atoms with Crippen molar-refractivity contribution in [1.29, 1.82) is 0 Å². The molecule has 82 valence electrons. The molecule has 1 aliphatic heterocycles. The summed E-state index contributed by atoms with van der Waals surface area (Å²) < 4.78 is 10.5. The number of rotatable bonds is 2. The first-order chi connectivity index (χ1) is 7.24. The summed E-state index contributed by atoms with van der Waals surface area (Å²) in [5, 5.41) is 9.58. The van der Waals surface area contributed by atoms with E-state index in [1.54, 1.807) is 12.1 Å². The van der Waals surface area contributed by atoms with Gasteiger partial charge >= 0.3 is 0 Å². The topological polar surface area (TPSA) is 64.7 Å². The van der Waals surface area contributed by atoms with Gasteiger partial charge in [0.2, 0.25) is 0 Å². The van der Waals surface area contributed by atoms with Crippen molar-refractivity contribution >= 4 is 11.6 Å². The van der Waals surface area contributed by atoms with E-state index >= 15 is 0 Å². The van der Waals surface area contributed by atoms with Gasteiger partial charge in [0.15, 0.2) is 6.79 Å². The highest BCUT2D eigenvalue weighted by molar-refractivity contribution is 6.31. The van der Waals surface area contributed by atoms with Gasteiger partial charge < -0.3 is 20.3 Å². The van der Waals surface area contributed by atoms with E-state index in [0.717, 1.165) is 11.3 Å². The molecule has 0 saturated carbocycles. The Balaban J connectivity index is 2.50. The second kappa shape index (κ2) is 4.37. The molecule has 15 heavy (non-hydrogen) atoms. The van der Waals surface area contributed by atoms with Crippen LogP contribution in [0.4, 0.5) is 0 Å². The summed E-state index contributed by atoms with van der Waals surface area (Å²) in [6.45, 7) is 0.498. The molecule has 0 amide bonds. The van der Waals surface area contributed by atoms with E-state index in [4.69, 9.17) is 31.9 Å². The van der Waals surface area contributed by atoms with Crippen molar-refractivity contribution in [3.05, 3.63) is 28.3 Å². The van der Waals surface area contributed by atoms with Crippen LogP contribution in [0.15, 0.2) is 12.1 Å². The molecule has 1 aromatic carbocycles. The molecule has 4 nitrogen and oxygen atoms in total. The predicted octanol–water partition coefficient (Wildman–Crippen LogP) is 1.20. The fourth-order valence-corrected chi connectivity index (χ4v) is 1.96. The molecule has 0 radical (unpaired) electrons. The molecule has 3 N–H and O–H groups in total. The molecule has 1 heterocycles. The maximum Gasteiger partial charge on any atom is 0.189 e. The Morgan fingerprint density at radius 1 is 1.53 bits per heavy atom. The lowest BCUT2D eigenvalue weighted by atomic mass is 10.0. The van der Waals surface area contributed by atoms with Crippen molar-refractivity contribution in [2.75, 3.05) is 13.4 Å². The fraction of sp³-hybridized carbons (Fsp3) is 0.400. The van der Waals surface area contributed by atoms with Crippen LogP contribution in [0.1, 0.15) is 17.2 Å². The zero-order chi connectivity index (χ0) is 10.8. The number of hydrogen-bond acceptors (Lipinski definition) is 4. The second-order valence-electron chi connectivity index (χ2n) is 3.34. The molecule has 1 atom stereocenters. The molecule has 0 saturated heterocycles. The average Bonchev–Trinajstić information content (AvgIpc) is 2.28. The van der Waals surface area contributed by atoms with Gasteiger partial charge in [0.1, 0.15) is 5.75 Å². The Hall–Kier alpha value is -0.810. The molecule has 1 unspecified atom stereocenters. The number of hydrogen-bond donors (Lipinski definition) is 2. The highest BCUT2D eigenvalue weighted by atomic mass is 35.5. The minimum absolute atomic E-state index is 0.157. The number of aliphatic hydroxyl groups excluding tert-OH is 1. The zero-order valence-electron chi connectivity index (χ0n) is 8.07. The third-order valence-electron chi connectivity index (χ3n) is 2.37. The second-order valence-corrected chi connectivity index (χ2v) is 3.74. The molecular weight excluding hydrogens is 218 g/mol. The molecule has 1 aliphatic rings. The number of halogens is 1. The Bertz CT molecular complexity index is 370. The van der Waals surface area contributed by atoms with Crippen LogP contribution in [0.5, 0.6) is 5.75 Å². The van der Waals surface area contributed by atoms with Gasteiger partial charge in [-0.25, -0.2) is 0 Å². The number of ether oxygens (including phenoxy) is 2. The molecule has 1 aromatic rings. The Labute approximate surface area is 92.5 Å². The van der Waals surface area contributed by atoms with Gasteiger partial charge in [-0.15, -0.1) is 0 Å². The van der Waals surface area contributed by atoms with Crippen LogP contribution in [0.25, 0.3) is 0 Å². The van der Waals surface area contributed by atoms with Crippen LogP contribution in [-0.4, -0.2) is 18.5 Å². The summed E-state index contributed by atoms with van der Waals surface area (Å²) in [5.41, 5.74) is 7.31. The lowest BCUT2D eigenvalue weighted by molar-refractivity contribution is -0.0171. The van der Waals surface area contributed by atoms with Gasteiger partial charge in [0, 0.05) is 10.6 Å². The highest BCUT2D eigenvalue weighted by Gasteiger charge is 2.21. The summed E-state index contributed by atoms with van der Waals surface area (Å²) in [7, 11) is 0. The van der Waals surface area contributed by atoms with E-state index in [2.05, 4.69) is 0 Å². The van der Waals surface area contributed by atoms with E-state index in [1.165, 1.54) is 0 Å². The largest absolute Gasteiger partial charge is 0.467 e. The zero-order valence-corrected chi connectivity index (χ0v) is 8.83. The van der Waals surface area contributed by atoms with Crippen molar-refractivity contribution < 1.29 is 14.6 Å². The molecule has 0 spiro atoms. The SMILES string of the molecule is NC(CO)c1c(Cl)ccc2c1COCO2. The third kappa shape index (κ3) is 1.94.